The molecule has 0 aliphatic carbocycles. The molecule has 0 saturated carbocycles. The number of likely N-dealkylation sites (N-methyl/N-ethyl adjacent to an activating group) is 1. The second kappa shape index (κ2) is 5.65. The number of aromatic nitrogens is 1. The van der Waals surface area contributed by atoms with Crippen LogP contribution in [0, 0.1) is 0 Å². The zero-order chi connectivity index (χ0) is 14.9. The first kappa shape index (κ1) is 15.2. The van der Waals surface area contributed by atoms with Gasteiger partial charge in [-0.15, -0.1) is 0 Å². The molecule has 2 aromatic rings. The molecule has 1 aromatic heterocycles. The molecule has 2 rings (SSSR count). The van der Waals surface area contributed by atoms with Crippen LogP contribution >= 0.6 is 11.3 Å². The van der Waals surface area contributed by atoms with E-state index >= 15 is 0 Å². The fourth-order valence-corrected chi connectivity index (χ4v) is 3.81. The normalized spacial score (nSPS) is 12.4. The molecule has 0 aliphatic rings. The first-order valence-electron chi connectivity index (χ1n) is 6.05. The number of benzene rings is 1. The third kappa shape index (κ3) is 3.09. The minimum atomic E-state index is -3.53. The second-order valence-corrected chi connectivity index (χ2v) is 7.52. The van der Waals surface area contributed by atoms with Crippen LogP contribution in [0.3, 0.4) is 0 Å². The molecule has 0 atom stereocenters. The molecule has 0 spiro atoms. The minimum Gasteiger partial charge on any atom is -0.308 e. The molecule has 1 heterocycles. The number of sulfonamides is 1. The first-order chi connectivity index (χ1) is 9.31. The summed E-state index contributed by atoms with van der Waals surface area (Å²) in [5.74, 6) is 0. The highest BCUT2D eigenvalue weighted by Gasteiger charge is 2.15. The van der Waals surface area contributed by atoms with Gasteiger partial charge in [0.2, 0.25) is 10.0 Å². The number of nitrogens with one attached hydrogen (secondary N) is 1. The van der Waals surface area contributed by atoms with E-state index in [1.165, 1.54) is 10.6 Å². The van der Waals surface area contributed by atoms with E-state index in [0.29, 0.717) is 17.8 Å². The molecule has 0 bridgehead atoms. The lowest BCUT2D eigenvalue weighted by Crippen LogP contribution is -2.31. The Morgan fingerprint density at radius 1 is 1.35 bits per heavy atom. The number of aryl methyl sites for hydroxylation is 1. The van der Waals surface area contributed by atoms with Gasteiger partial charge in [-0.2, -0.15) is 0 Å². The van der Waals surface area contributed by atoms with Crippen molar-refractivity contribution in [3.05, 3.63) is 27.9 Å². The Morgan fingerprint density at radius 2 is 2.05 bits per heavy atom. The fourth-order valence-electron chi connectivity index (χ4n) is 1.77. The standard InChI is InChI=1S/C12H17N3O3S2/c1-14(2)7-6-13-20(17,18)9-4-5-10-11(8-9)19-12(16)15(10)3/h4-5,8,13H,6-7H2,1-3H3. The summed E-state index contributed by atoms with van der Waals surface area (Å²) in [6.45, 7) is 0.971. The quantitative estimate of drug-likeness (QED) is 0.869. The van der Waals surface area contributed by atoms with Crippen molar-refractivity contribution in [2.75, 3.05) is 27.2 Å². The molecule has 1 N–H and O–H groups in total. The van der Waals surface area contributed by atoms with Gasteiger partial charge in [0, 0.05) is 20.1 Å². The Hall–Kier alpha value is -1.22. The van der Waals surface area contributed by atoms with Crippen LogP contribution in [0.2, 0.25) is 0 Å². The van der Waals surface area contributed by atoms with Crippen LogP contribution in [-0.4, -0.2) is 45.1 Å². The van der Waals surface area contributed by atoms with Crippen molar-refractivity contribution >= 4 is 31.6 Å². The summed E-state index contributed by atoms with van der Waals surface area (Å²) < 4.78 is 29.0. The highest BCUT2D eigenvalue weighted by molar-refractivity contribution is 7.89. The van der Waals surface area contributed by atoms with Crippen LogP contribution in [0.25, 0.3) is 10.2 Å². The maximum atomic E-state index is 12.1. The molecule has 110 valence electrons. The van der Waals surface area contributed by atoms with Crippen molar-refractivity contribution in [2.45, 2.75) is 4.90 Å². The van der Waals surface area contributed by atoms with Crippen LogP contribution in [0.15, 0.2) is 27.9 Å². The van der Waals surface area contributed by atoms with E-state index in [1.807, 2.05) is 19.0 Å². The Bertz CT molecular complexity index is 775. The molecular weight excluding hydrogens is 298 g/mol. The van der Waals surface area contributed by atoms with E-state index < -0.39 is 10.0 Å². The predicted molar refractivity (Wildman–Crippen MR) is 80.8 cm³/mol. The summed E-state index contributed by atoms with van der Waals surface area (Å²) in [5, 5.41) is 0. The molecule has 0 saturated heterocycles. The van der Waals surface area contributed by atoms with E-state index in [2.05, 4.69) is 4.72 Å². The molecule has 8 heteroatoms. The summed E-state index contributed by atoms with van der Waals surface area (Å²) in [6, 6.07) is 4.72. The highest BCUT2D eigenvalue weighted by Crippen LogP contribution is 2.20. The minimum absolute atomic E-state index is 0.102. The largest absolute Gasteiger partial charge is 0.308 e. The summed E-state index contributed by atoms with van der Waals surface area (Å²) in [5.41, 5.74) is 0.743. The summed E-state index contributed by atoms with van der Waals surface area (Å²) in [4.78, 5) is 13.5. The van der Waals surface area contributed by atoms with Gasteiger partial charge in [-0.25, -0.2) is 13.1 Å². The van der Waals surface area contributed by atoms with Crippen molar-refractivity contribution in [3.8, 4) is 0 Å². The molecular formula is C12H17N3O3S2. The number of nitrogens with zero attached hydrogens (tertiary/aromatic N) is 2. The zero-order valence-electron chi connectivity index (χ0n) is 11.6. The van der Waals surface area contributed by atoms with Gasteiger partial charge in [-0.05, 0) is 32.3 Å². The molecule has 0 radical (unpaired) electrons. The molecule has 0 unspecified atom stereocenters. The number of hydrogen-bond acceptors (Lipinski definition) is 5. The second-order valence-electron chi connectivity index (χ2n) is 4.76. The van der Waals surface area contributed by atoms with Crippen LogP contribution in [0.5, 0.6) is 0 Å². The predicted octanol–water partition coefficient (Wildman–Crippen LogP) is 0.440. The SMILES string of the molecule is CN(C)CCNS(=O)(=O)c1ccc2c(c1)sc(=O)n2C. The van der Waals surface area contributed by atoms with E-state index in [9.17, 15) is 13.2 Å². The Balaban J connectivity index is 2.30. The van der Waals surface area contributed by atoms with Crippen molar-refractivity contribution in [1.29, 1.82) is 0 Å². The van der Waals surface area contributed by atoms with Gasteiger partial charge in [0.1, 0.15) is 0 Å². The maximum absolute atomic E-state index is 12.1. The van der Waals surface area contributed by atoms with Gasteiger partial charge < -0.3 is 9.47 Å². The third-order valence-electron chi connectivity index (χ3n) is 2.93. The number of fused-ring (bicyclic) bond motifs is 1. The Morgan fingerprint density at radius 3 is 2.70 bits per heavy atom. The van der Waals surface area contributed by atoms with E-state index in [1.54, 1.807) is 19.2 Å². The fraction of sp³-hybridized carbons (Fsp3) is 0.417. The van der Waals surface area contributed by atoms with Gasteiger partial charge in [0.05, 0.1) is 15.1 Å². The van der Waals surface area contributed by atoms with E-state index in [-0.39, 0.29) is 9.77 Å². The first-order valence-corrected chi connectivity index (χ1v) is 8.35. The van der Waals surface area contributed by atoms with E-state index in [0.717, 1.165) is 16.9 Å². The summed E-state index contributed by atoms with van der Waals surface area (Å²) >= 11 is 1.04. The Labute approximate surface area is 121 Å². The van der Waals surface area contributed by atoms with Crippen LogP contribution in [-0.2, 0) is 17.1 Å². The van der Waals surface area contributed by atoms with Gasteiger partial charge >= 0.3 is 4.87 Å². The molecule has 0 amide bonds. The lowest BCUT2D eigenvalue weighted by atomic mass is 10.3. The van der Waals surface area contributed by atoms with Crippen LogP contribution in [0.4, 0.5) is 0 Å². The average molecular weight is 315 g/mol. The highest BCUT2D eigenvalue weighted by atomic mass is 32.2. The van der Waals surface area contributed by atoms with Crippen molar-refractivity contribution in [1.82, 2.24) is 14.2 Å². The summed E-state index contributed by atoms with van der Waals surface area (Å²) in [6.07, 6.45) is 0. The van der Waals surface area contributed by atoms with Crippen molar-refractivity contribution in [2.24, 2.45) is 7.05 Å². The third-order valence-corrected chi connectivity index (χ3v) is 5.38. The molecule has 0 fully saturated rings. The molecule has 1 aromatic carbocycles. The number of hydrogen-bond donors (Lipinski definition) is 1. The molecule has 6 nitrogen and oxygen atoms in total. The van der Waals surface area contributed by atoms with Crippen LogP contribution < -0.4 is 9.60 Å². The smallest absolute Gasteiger partial charge is 0.307 e. The zero-order valence-corrected chi connectivity index (χ0v) is 13.2. The topological polar surface area (TPSA) is 71.4 Å². The maximum Gasteiger partial charge on any atom is 0.307 e. The molecule has 0 aliphatic heterocycles. The number of thiazole rings is 1. The molecule has 20 heavy (non-hydrogen) atoms. The van der Waals surface area contributed by atoms with Crippen LogP contribution in [0.1, 0.15) is 0 Å². The lowest BCUT2D eigenvalue weighted by Gasteiger charge is -2.11. The van der Waals surface area contributed by atoms with Gasteiger partial charge in [0.15, 0.2) is 0 Å². The van der Waals surface area contributed by atoms with E-state index in [4.69, 9.17) is 0 Å². The van der Waals surface area contributed by atoms with Gasteiger partial charge in [-0.3, -0.25) is 4.79 Å². The van der Waals surface area contributed by atoms with Gasteiger partial charge in [0.25, 0.3) is 0 Å². The summed E-state index contributed by atoms with van der Waals surface area (Å²) in [7, 11) is 1.89. The lowest BCUT2D eigenvalue weighted by molar-refractivity contribution is 0.412. The van der Waals surface area contributed by atoms with Crippen molar-refractivity contribution in [3.63, 3.8) is 0 Å². The Kier molecular flexibility index (Phi) is 4.28. The number of rotatable bonds is 5. The monoisotopic (exact) mass is 315 g/mol. The van der Waals surface area contributed by atoms with Gasteiger partial charge in [-0.1, -0.05) is 11.3 Å². The van der Waals surface area contributed by atoms with Crippen molar-refractivity contribution < 1.29 is 8.42 Å². The average Bonchev–Trinajstić information content (AvgIpc) is 2.64.